The number of aromatic nitrogens is 5. The number of amides is 2. The van der Waals surface area contributed by atoms with Crippen LogP contribution >= 0.6 is 11.8 Å². The number of nitrogens with one attached hydrogen (secondary N) is 3. The molecule has 0 bridgehead atoms. The molecule has 5 aromatic rings. The predicted octanol–water partition coefficient (Wildman–Crippen LogP) is 5.96. The van der Waals surface area contributed by atoms with Crippen LogP contribution < -0.4 is 20.9 Å². The zero-order chi connectivity index (χ0) is 27.6. The second-order valence-electron chi connectivity index (χ2n) is 9.71. The van der Waals surface area contributed by atoms with Crippen molar-refractivity contribution in [1.82, 2.24) is 24.7 Å². The number of benzene rings is 2. The van der Waals surface area contributed by atoms with Gasteiger partial charge in [0.15, 0.2) is 11.4 Å². The van der Waals surface area contributed by atoms with Crippen LogP contribution in [0.3, 0.4) is 0 Å². The maximum atomic E-state index is 13.1. The molecule has 0 atom stereocenters. The van der Waals surface area contributed by atoms with Crippen molar-refractivity contribution in [1.29, 1.82) is 0 Å². The highest BCUT2D eigenvalue weighted by atomic mass is 32.2. The van der Waals surface area contributed by atoms with Crippen molar-refractivity contribution in [3.63, 3.8) is 0 Å². The van der Waals surface area contributed by atoms with E-state index in [1.54, 1.807) is 22.9 Å². The zero-order valence-electron chi connectivity index (χ0n) is 21.9. The van der Waals surface area contributed by atoms with Crippen molar-refractivity contribution in [2.75, 3.05) is 16.9 Å². The molecule has 0 aliphatic carbocycles. The normalized spacial score (nSPS) is 11.4. The van der Waals surface area contributed by atoms with Crippen molar-refractivity contribution in [3.8, 4) is 17.2 Å². The van der Waals surface area contributed by atoms with E-state index in [-0.39, 0.29) is 11.0 Å². The molecule has 0 fully saturated rings. The Morgan fingerprint density at radius 1 is 1.03 bits per heavy atom. The third-order valence-corrected chi connectivity index (χ3v) is 6.59. The molecular formula is C28H27N7O3S. The molecule has 3 heterocycles. The number of para-hydroxylation sites is 1. The number of anilines is 2. The number of H-pyrrole nitrogens is 1. The first-order chi connectivity index (χ1) is 18.7. The van der Waals surface area contributed by atoms with Crippen LogP contribution in [0.4, 0.5) is 16.3 Å². The number of carbonyl (C=O) groups is 1. The highest BCUT2D eigenvalue weighted by Gasteiger charge is 2.22. The summed E-state index contributed by atoms with van der Waals surface area (Å²) in [5, 5.41) is 10.6. The Morgan fingerprint density at radius 3 is 2.56 bits per heavy atom. The maximum Gasteiger partial charge on any atom is 0.324 e. The number of hydrogen-bond acceptors (Lipinski definition) is 7. The number of nitrogens with zero attached hydrogens (tertiary/aromatic N) is 4. The summed E-state index contributed by atoms with van der Waals surface area (Å²) in [7, 11) is 0. The smallest absolute Gasteiger partial charge is 0.324 e. The SMILES string of the molecule is CSc1cc(Oc2ccnc3[nH]c(=O)cnc23)ccc1NC(=O)Nc1cc(C(C)(C)C)nn1-c1ccccc1. The van der Waals surface area contributed by atoms with Gasteiger partial charge in [0, 0.05) is 28.6 Å². The average molecular weight is 542 g/mol. The number of thioether (sulfide) groups is 1. The van der Waals surface area contributed by atoms with Crippen LogP contribution in [0.1, 0.15) is 26.5 Å². The molecule has 3 aromatic heterocycles. The fourth-order valence-corrected chi connectivity index (χ4v) is 4.42. The lowest BCUT2D eigenvalue weighted by Gasteiger charge is -2.14. The molecule has 0 radical (unpaired) electrons. The van der Waals surface area contributed by atoms with Gasteiger partial charge in [0.25, 0.3) is 5.56 Å². The lowest BCUT2D eigenvalue weighted by atomic mass is 9.92. The lowest BCUT2D eigenvalue weighted by molar-refractivity contribution is 0.262. The van der Waals surface area contributed by atoms with Crippen molar-refractivity contribution in [3.05, 3.63) is 89.1 Å². The Bertz CT molecular complexity index is 1710. The molecule has 0 unspecified atom stereocenters. The molecule has 11 heteroatoms. The highest BCUT2D eigenvalue weighted by molar-refractivity contribution is 7.98. The van der Waals surface area contributed by atoms with Gasteiger partial charge in [0.1, 0.15) is 17.1 Å². The number of hydrogen-bond donors (Lipinski definition) is 3. The average Bonchev–Trinajstić information content (AvgIpc) is 3.34. The molecule has 0 spiro atoms. The lowest BCUT2D eigenvalue weighted by Crippen LogP contribution is -2.21. The Morgan fingerprint density at radius 2 is 1.82 bits per heavy atom. The maximum absolute atomic E-state index is 13.1. The molecule has 5 rings (SSSR count). The van der Waals surface area contributed by atoms with Crippen LogP contribution in [-0.2, 0) is 5.41 Å². The van der Waals surface area contributed by atoms with Gasteiger partial charge in [-0.2, -0.15) is 5.10 Å². The number of rotatable bonds is 6. The third kappa shape index (κ3) is 5.78. The summed E-state index contributed by atoms with van der Waals surface area (Å²) in [5.74, 6) is 1.55. The minimum absolute atomic E-state index is 0.195. The number of fused-ring (bicyclic) bond motifs is 1. The summed E-state index contributed by atoms with van der Waals surface area (Å²) in [4.78, 5) is 36.4. The van der Waals surface area contributed by atoms with Gasteiger partial charge >= 0.3 is 6.03 Å². The summed E-state index contributed by atoms with van der Waals surface area (Å²) in [6.07, 6.45) is 4.64. The quantitative estimate of drug-likeness (QED) is 0.226. The molecule has 39 heavy (non-hydrogen) atoms. The van der Waals surface area contributed by atoms with E-state index in [1.807, 2.05) is 48.7 Å². The van der Waals surface area contributed by atoms with Gasteiger partial charge in [-0.05, 0) is 36.6 Å². The van der Waals surface area contributed by atoms with Gasteiger partial charge in [-0.25, -0.2) is 19.4 Å². The summed E-state index contributed by atoms with van der Waals surface area (Å²) in [6.45, 7) is 6.23. The Hall–Kier alpha value is -4.64. The number of aromatic amines is 1. The van der Waals surface area contributed by atoms with Crippen molar-refractivity contribution >= 4 is 40.5 Å². The van der Waals surface area contributed by atoms with Crippen LogP contribution in [0.5, 0.6) is 11.5 Å². The molecule has 10 nitrogen and oxygen atoms in total. The van der Waals surface area contributed by atoms with E-state index in [0.717, 1.165) is 16.3 Å². The van der Waals surface area contributed by atoms with Crippen molar-refractivity contribution in [2.24, 2.45) is 0 Å². The summed E-state index contributed by atoms with van der Waals surface area (Å²) >= 11 is 1.47. The first-order valence-corrected chi connectivity index (χ1v) is 13.4. The molecule has 2 amide bonds. The summed E-state index contributed by atoms with van der Waals surface area (Å²) in [5.41, 5.74) is 2.56. The Balaban J connectivity index is 1.37. The van der Waals surface area contributed by atoms with Crippen LogP contribution in [0, 0.1) is 0 Å². The van der Waals surface area contributed by atoms with E-state index in [2.05, 4.69) is 46.4 Å². The van der Waals surface area contributed by atoms with Gasteiger partial charge < -0.3 is 15.0 Å². The molecular weight excluding hydrogens is 514 g/mol. The molecule has 0 aliphatic rings. The standard InChI is InChI=1S/C28H27N7O3S/c1-28(2,3)22-15-23(35(34-22)17-8-6-5-7-9-17)32-27(37)31-19-11-10-18(14-21(19)39-4)38-20-12-13-29-26-25(20)30-16-24(36)33-26/h5-16H,1-4H3,(H,29,33,36)(H2,31,32,37). The van der Waals surface area contributed by atoms with Crippen LogP contribution in [-0.4, -0.2) is 37.0 Å². The molecule has 198 valence electrons. The molecule has 0 saturated carbocycles. The minimum atomic E-state index is -0.398. The Kier molecular flexibility index (Phi) is 7.07. The first-order valence-electron chi connectivity index (χ1n) is 12.2. The van der Waals surface area contributed by atoms with E-state index in [0.29, 0.717) is 34.2 Å². The molecule has 3 N–H and O–H groups in total. The summed E-state index contributed by atoms with van der Waals surface area (Å²) < 4.78 is 7.78. The fraction of sp³-hybridized carbons (Fsp3) is 0.179. The molecule has 2 aromatic carbocycles. The topological polar surface area (TPSA) is 127 Å². The van der Waals surface area contributed by atoms with E-state index in [4.69, 9.17) is 9.84 Å². The zero-order valence-corrected chi connectivity index (χ0v) is 22.7. The predicted molar refractivity (Wildman–Crippen MR) is 153 cm³/mol. The Labute approximate surface area is 228 Å². The largest absolute Gasteiger partial charge is 0.455 e. The van der Waals surface area contributed by atoms with E-state index >= 15 is 0 Å². The second kappa shape index (κ2) is 10.6. The first kappa shape index (κ1) is 26.0. The van der Waals surface area contributed by atoms with E-state index in [9.17, 15) is 9.59 Å². The van der Waals surface area contributed by atoms with E-state index in [1.165, 1.54) is 24.2 Å². The monoisotopic (exact) mass is 541 g/mol. The van der Waals surface area contributed by atoms with Crippen LogP contribution in [0.2, 0.25) is 0 Å². The van der Waals surface area contributed by atoms with Gasteiger partial charge in [0.2, 0.25) is 0 Å². The molecule has 0 saturated heterocycles. The third-order valence-electron chi connectivity index (χ3n) is 5.81. The number of urea groups is 1. The van der Waals surface area contributed by atoms with Gasteiger partial charge in [-0.3, -0.25) is 10.1 Å². The van der Waals surface area contributed by atoms with Crippen LogP contribution in [0.25, 0.3) is 16.9 Å². The number of carbonyl (C=O) groups excluding carboxylic acids is 1. The molecule has 0 aliphatic heterocycles. The van der Waals surface area contributed by atoms with E-state index < -0.39 is 6.03 Å². The van der Waals surface area contributed by atoms with Gasteiger partial charge in [0.05, 0.1) is 23.3 Å². The second-order valence-corrected chi connectivity index (χ2v) is 10.6. The van der Waals surface area contributed by atoms with Crippen molar-refractivity contribution < 1.29 is 9.53 Å². The number of ether oxygens (including phenoxy) is 1. The van der Waals surface area contributed by atoms with Gasteiger partial charge in [-0.1, -0.05) is 39.0 Å². The van der Waals surface area contributed by atoms with Crippen molar-refractivity contribution in [2.45, 2.75) is 31.1 Å². The highest BCUT2D eigenvalue weighted by Crippen LogP contribution is 2.33. The van der Waals surface area contributed by atoms with Gasteiger partial charge in [-0.15, -0.1) is 11.8 Å². The van der Waals surface area contributed by atoms with Crippen LogP contribution in [0.15, 0.2) is 82.7 Å². The minimum Gasteiger partial charge on any atom is -0.455 e. The summed E-state index contributed by atoms with van der Waals surface area (Å²) in [6, 6.07) is 18.2. The fourth-order valence-electron chi connectivity index (χ4n) is 3.84. The number of pyridine rings is 1.